The van der Waals surface area contributed by atoms with Crippen LogP contribution in [0.4, 0.5) is 16.2 Å². The number of imide groups is 1. The van der Waals surface area contributed by atoms with Crippen LogP contribution in [0.2, 0.25) is 5.02 Å². The van der Waals surface area contributed by atoms with E-state index in [9.17, 15) is 19.7 Å². The molecule has 3 aromatic carbocycles. The molecule has 0 aliphatic carbocycles. The molecule has 36 heavy (non-hydrogen) atoms. The van der Waals surface area contributed by atoms with Crippen LogP contribution in [-0.4, -0.2) is 23.5 Å². The number of carbonyl (C=O) groups is 2. The molecule has 3 amide bonds. The quantitative estimate of drug-likeness (QED) is 0.110. The Morgan fingerprint density at radius 2 is 1.86 bits per heavy atom. The second kappa shape index (κ2) is 11.0. The summed E-state index contributed by atoms with van der Waals surface area (Å²) in [6.07, 6.45) is 1.57. The number of nitrogens with zero attached hydrogens (tertiary/aromatic N) is 2. The van der Waals surface area contributed by atoms with Gasteiger partial charge in [0.25, 0.3) is 11.6 Å². The number of non-ortho nitro benzene ring substituents is 1. The average molecular weight is 620 g/mol. The van der Waals surface area contributed by atoms with Crippen molar-refractivity contribution in [3.8, 4) is 11.5 Å². The summed E-state index contributed by atoms with van der Waals surface area (Å²) >= 11 is 8.11. The van der Waals surface area contributed by atoms with Gasteiger partial charge >= 0.3 is 6.03 Å². The summed E-state index contributed by atoms with van der Waals surface area (Å²) in [6, 6.07) is 15.5. The van der Waals surface area contributed by atoms with E-state index >= 15 is 0 Å². The first-order valence-corrected chi connectivity index (χ1v) is 12.2. The van der Waals surface area contributed by atoms with E-state index in [0.29, 0.717) is 34.4 Å². The highest BCUT2D eigenvalue weighted by Crippen LogP contribution is 2.36. The van der Waals surface area contributed by atoms with Gasteiger partial charge in [-0.1, -0.05) is 17.7 Å². The van der Waals surface area contributed by atoms with Crippen molar-refractivity contribution in [3.63, 3.8) is 0 Å². The maximum atomic E-state index is 13.0. The Kier molecular flexibility index (Phi) is 7.75. The Hall–Kier alpha value is -3.64. The fourth-order valence-electron chi connectivity index (χ4n) is 3.50. The third-order valence-electron chi connectivity index (χ3n) is 5.12. The number of rotatable bonds is 8. The minimum atomic E-state index is -0.573. The smallest absolute Gasteiger partial charge is 0.333 e. The molecule has 1 saturated heterocycles. The van der Waals surface area contributed by atoms with Crippen molar-refractivity contribution in [2.45, 2.75) is 13.5 Å². The van der Waals surface area contributed by atoms with Crippen molar-refractivity contribution in [1.82, 2.24) is 5.32 Å². The van der Waals surface area contributed by atoms with Gasteiger partial charge < -0.3 is 14.8 Å². The molecule has 0 radical (unpaired) electrons. The molecule has 1 N–H and O–H groups in total. The SMILES string of the molecule is CCOc1cc(/C=C2/NC(=O)N(c3cccc(Cl)c3)C2=O)cc(I)c1OCc1ccc([N+](=O)[O-])cc1. The molecule has 0 spiro atoms. The Labute approximate surface area is 224 Å². The lowest BCUT2D eigenvalue weighted by atomic mass is 10.1. The number of hydrogen-bond donors (Lipinski definition) is 1. The molecule has 0 saturated carbocycles. The molecule has 0 aromatic heterocycles. The van der Waals surface area contributed by atoms with Gasteiger partial charge in [-0.3, -0.25) is 14.9 Å². The first-order chi connectivity index (χ1) is 17.3. The van der Waals surface area contributed by atoms with Gasteiger partial charge in [-0.25, -0.2) is 9.69 Å². The molecule has 1 fully saturated rings. The second-order valence-electron chi connectivity index (χ2n) is 7.58. The van der Waals surface area contributed by atoms with Gasteiger partial charge in [0, 0.05) is 17.2 Å². The highest BCUT2D eigenvalue weighted by molar-refractivity contribution is 14.1. The zero-order chi connectivity index (χ0) is 25.8. The van der Waals surface area contributed by atoms with E-state index in [-0.39, 0.29) is 18.0 Å². The van der Waals surface area contributed by atoms with Crippen LogP contribution < -0.4 is 19.7 Å². The molecule has 9 nitrogen and oxygen atoms in total. The summed E-state index contributed by atoms with van der Waals surface area (Å²) in [5.41, 5.74) is 1.86. The van der Waals surface area contributed by atoms with E-state index < -0.39 is 16.9 Å². The highest BCUT2D eigenvalue weighted by atomic mass is 127. The van der Waals surface area contributed by atoms with Crippen molar-refractivity contribution in [1.29, 1.82) is 0 Å². The Bertz CT molecular complexity index is 1380. The van der Waals surface area contributed by atoms with Gasteiger partial charge in [0.1, 0.15) is 12.3 Å². The molecule has 11 heteroatoms. The molecule has 0 unspecified atom stereocenters. The van der Waals surface area contributed by atoms with Crippen LogP contribution >= 0.6 is 34.2 Å². The summed E-state index contributed by atoms with van der Waals surface area (Å²) in [7, 11) is 0. The normalized spacial score (nSPS) is 14.2. The summed E-state index contributed by atoms with van der Waals surface area (Å²) < 4.78 is 12.5. The van der Waals surface area contributed by atoms with Crippen LogP contribution in [-0.2, 0) is 11.4 Å². The summed E-state index contributed by atoms with van der Waals surface area (Å²) in [6.45, 7) is 2.39. The van der Waals surface area contributed by atoms with Gasteiger partial charge in [0.2, 0.25) is 0 Å². The third-order valence-corrected chi connectivity index (χ3v) is 6.15. The number of anilines is 1. The van der Waals surface area contributed by atoms with Crippen molar-refractivity contribution < 1.29 is 24.0 Å². The minimum absolute atomic E-state index is 0.00297. The van der Waals surface area contributed by atoms with Gasteiger partial charge in [-0.15, -0.1) is 0 Å². The first-order valence-electron chi connectivity index (χ1n) is 10.7. The van der Waals surface area contributed by atoms with Crippen LogP contribution in [0.25, 0.3) is 6.08 Å². The third kappa shape index (κ3) is 5.60. The Morgan fingerprint density at radius 1 is 1.11 bits per heavy atom. The van der Waals surface area contributed by atoms with E-state index in [1.807, 2.05) is 6.92 Å². The van der Waals surface area contributed by atoms with Crippen molar-refractivity contribution in [2.75, 3.05) is 11.5 Å². The number of amides is 3. The van der Waals surface area contributed by atoms with Gasteiger partial charge in [-0.2, -0.15) is 0 Å². The molecule has 1 heterocycles. The predicted molar refractivity (Wildman–Crippen MR) is 143 cm³/mol. The van der Waals surface area contributed by atoms with Crippen LogP contribution in [0, 0.1) is 13.7 Å². The van der Waals surface area contributed by atoms with E-state index in [0.717, 1.165) is 14.0 Å². The molecular weight excluding hydrogens is 601 g/mol. The van der Waals surface area contributed by atoms with Crippen LogP contribution in [0.15, 0.2) is 66.4 Å². The fraction of sp³-hybridized carbons (Fsp3) is 0.120. The average Bonchev–Trinajstić information content (AvgIpc) is 3.11. The molecular formula is C25H19ClIN3O6. The van der Waals surface area contributed by atoms with E-state index in [1.54, 1.807) is 48.5 Å². The number of nitrogens with one attached hydrogen (secondary N) is 1. The van der Waals surface area contributed by atoms with Gasteiger partial charge in [0.05, 0.1) is 20.8 Å². The number of ether oxygens (including phenoxy) is 2. The van der Waals surface area contributed by atoms with Crippen LogP contribution in [0.1, 0.15) is 18.1 Å². The highest BCUT2D eigenvalue weighted by Gasteiger charge is 2.35. The lowest BCUT2D eigenvalue weighted by molar-refractivity contribution is -0.384. The maximum Gasteiger partial charge on any atom is 0.333 e. The molecule has 184 valence electrons. The van der Waals surface area contributed by atoms with Crippen molar-refractivity contribution >= 4 is 63.6 Å². The monoisotopic (exact) mass is 619 g/mol. The number of benzene rings is 3. The first kappa shape index (κ1) is 25.5. The van der Waals surface area contributed by atoms with Crippen LogP contribution in [0.3, 0.4) is 0 Å². The Morgan fingerprint density at radius 3 is 2.53 bits per heavy atom. The zero-order valence-corrected chi connectivity index (χ0v) is 21.8. The minimum Gasteiger partial charge on any atom is -0.490 e. The fourth-order valence-corrected chi connectivity index (χ4v) is 4.46. The molecule has 3 aromatic rings. The van der Waals surface area contributed by atoms with Gasteiger partial charge in [-0.05, 0) is 89.2 Å². The van der Waals surface area contributed by atoms with E-state index in [4.69, 9.17) is 21.1 Å². The van der Waals surface area contributed by atoms with Crippen molar-refractivity contribution in [2.24, 2.45) is 0 Å². The molecule has 0 atom stereocenters. The summed E-state index contributed by atoms with van der Waals surface area (Å²) in [5, 5.41) is 13.9. The summed E-state index contributed by atoms with van der Waals surface area (Å²) in [5.74, 6) is 0.454. The van der Waals surface area contributed by atoms with Crippen LogP contribution in [0.5, 0.6) is 11.5 Å². The number of nitro benzene ring substituents is 1. The number of carbonyl (C=O) groups excluding carboxylic acids is 2. The lowest BCUT2D eigenvalue weighted by Gasteiger charge is -2.15. The topological polar surface area (TPSA) is 111 Å². The van der Waals surface area contributed by atoms with E-state index in [2.05, 4.69) is 27.9 Å². The second-order valence-corrected chi connectivity index (χ2v) is 9.18. The summed E-state index contributed by atoms with van der Waals surface area (Å²) in [4.78, 5) is 36.9. The molecule has 1 aliphatic rings. The maximum absolute atomic E-state index is 13.0. The molecule has 4 rings (SSSR count). The number of hydrogen-bond acceptors (Lipinski definition) is 6. The molecule has 1 aliphatic heterocycles. The Balaban J connectivity index is 1.57. The predicted octanol–water partition coefficient (Wildman–Crippen LogP) is 5.93. The lowest BCUT2D eigenvalue weighted by Crippen LogP contribution is -2.30. The largest absolute Gasteiger partial charge is 0.490 e. The number of nitro groups is 1. The standard InChI is InChI=1S/C25H19ClIN3O6/c1-2-35-22-12-16(10-20(27)23(22)36-14-15-6-8-18(9-7-15)30(33)34)11-21-24(31)29(25(32)28-21)19-5-3-4-17(26)13-19/h3-13H,2,14H2,1H3,(H,28,32)/b21-11+. The zero-order valence-electron chi connectivity index (χ0n) is 18.9. The van der Waals surface area contributed by atoms with E-state index in [1.165, 1.54) is 18.2 Å². The van der Waals surface area contributed by atoms with Gasteiger partial charge in [0.15, 0.2) is 11.5 Å². The molecule has 0 bridgehead atoms. The van der Waals surface area contributed by atoms with Crippen molar-refractivity contribution in [3.05, 3.63) is 96.2 Å². The number of urea groups is 1. The number of halogens is 2.